The number of rotatable bonds is 8. The Morgan fingerprint density at radius 3 is 2.37 bits per heavy atom. The number of carbonyl (C=O) groups is 2. The van der Waals surface area contributed by atoms with Gasteiger partial charge >= 0.3 is 6.18 Å². The molecule has 0 unspecified atom stereocenters. The van der Waals surface area contributed by atoms with Gasteiger partial charge in [0.15, 0.2) is 11.5 Å². The molecule has 0 fully saturated rings. The number of aryl methyl sites for hydroxylation is 1. The number of Topliss-reactive ketones (excluding diaryl/α,β-unsaturated/α-hetero) is 1. The molecule has 1 aliphatic carbocycles. The second-order valence-corrected chi connectivity index (χ2v) is 9.79. The molecule has 5 nitrogen and oxygen atoms in total. The zero-order chi connectivity index (χ0) is 27.6. The number of hydrogen-bond acceptors (Lipinski definition) is 3. The van der Waals surface area contributed by atoms with Gasteiger partial charge in [-0.15, -0.1) is 0 Å². The van der Waals surface area contributed by atoms with Gasteiger partial charge in [-0.05, 0) is 86.6 Å². The summed E-state index contributed by atoms with van der Waals surface area (Å²) in [7, 11) is 1.49. The monoisotopic (exact) mass is 533 g/mol. The zero-order valence-electron chi connectivity index (χ0n) is 21.1. The van der Waals surface area contributed by atoms with Gasteiger partial charge in [0.2, 0.25) is 5.91 Å². The van der Waals surface area contributed by atoms with Gasteiger partial charge in [-0.2, -0.15) is 18.3 Å². The fourth-order valence-electron chi connectivity index (χ4n) is 5.06. The Morgan fingerprint density at radius 1 is 1.03 bits per heavy atom. The van der Waals surface area contributed by atoms with Crippen molar-refractivity contribution in [2.75, 3.05) is 11.9 Å². The maximum absolute atomic E-state index is 14.0. The number of nitrogens with zero attached hydrogens (tertiary/aromatic N) is 3. The van der Waals surface area contributed by atoms with Crippen molar-refractivity contribution in [3.05, 3.63) is 82.2 Å². The van der Waals surface area contributed by atoms with E-state index in [1.807, 2.05) is 0 Å². The molecule has 0 saturated heterocycles. The van der Waals surface area contributed by atoms with Crippen LogP contribution in [0.15, 0.2) is 42.5 Å². The molecule has 4 rings (SSSR count). The lowest BCUT2D eigenvalue weighted by Crippen LogP contribution is -2.36. The number of amides is 1. The first-order valence-corrected chi connectivity index (χ1v) is 12.4. The summed E-state index contributed by atoms with van der Waals surface area (Å²) in [4.78, 5) is 27.9. The Hall–Kier alpha value is -3.56. The first-order valence-electron chi connectivity index (χ1n) is 12.4. The molecule has 1 atom stereocenters. The molecule has 0 aliphatic heterocycles. The fourth-order valence-corrected chi connectivity index (χ4v) is 5.06. The molecule has 2 aromatic carbocycles. The van der Waals surface area contributed by atoms with Crippen molar-refractivity contribution in [1.82, 2.24) is 9.78 Å². The summed E-state index contributed by atoms with van der Waals surface area (Å²) in [5.74, 6) is -2.80. The van der Waals surface area contributed by atoms with Crippen LogP contribution in [0.4, 0.5) is 27.6 Å². The van der Waals surface area contributed by atoms with Crippen molar-refractivity contribution in [2.24, 2.45) is 5.92 Å². The SMILES string of the molecule is Cc1cc(F)cc(C[C@H](CC(=O)Cn2nc(C(F)(F)F)c3c2CCCC3)C(=O)N(C)c2ccc(F)cc2)c1. The van der Waals surface area contributed by atoms with E-state index in [-0.39, 0.29) is 24.8 Å². The van der Waals surface area contributed by atoms with Crippen LogP contribution in [0.25, 0.3) is 0 Å². The van der Waals surface area contributed by atoms with Gasteiger partial charge < -0.3 is 4.90 Å². The van der Waals surface area contributed by atoms with Crippen molar-refractivity contribution in [3.8, 4) is 0 Å². The van der Waals surface area contributed by atoms with E-state index in [4.69, 9.17) is 0 Å². The number of hydrogen-bond donors (Lipinski definition) is 0. The topological polar surface area (TPSA) is 55.2 Å². The van der Waals surface area contributed by atoms with Crippen LogP contribution in [0.1, 0.15) is 47.3 Å². The smallest absolute Gasteiger partial charge is 0.315 e. The Balaban J connectivity index is 1.59. The normalized spacial score (nSPS) is 14.2. The Bertz CT molecular complexity index is 1310. The van der Waals surface area contributed by atoms with Crippen LogP contribution in [0, 0.1) is 24.5 Å². The summed E-state index contributed by atoms with van der Waals surface area (Å²) in [6.45, 7) is 1.31. The molecule has 0 radical (unpaired) electrons. The lowest BCUT2D eigenvalue weighted by Gasteiger charge is -2.24. The third-order valence-electron chi connectivity index (χ3n) is 6.80. The molecule has 0 saturated carbocycles. The summed E-state index contributed by atoms with van der Waals surface area (Å²) in [6.07, 6.45) is -2.90. The maximum Gasteiger partial charge on any atom is 0.435 e. The van der Waals surface area contributed by atoms with Gasteiger partial charge in [-0.3, -0.25) is 14.3 Å². The van der Waals surface area contributed by atoms with Gasteiger partial charge in [-0.25, -0.2) is 8.78 Å². The van der Waals surface area contributed by atoms with Crippen molar-refractivity contribution in [2.45, 2.75) is 58.2 Å². The molecule has 1 aromatic heterocycles. The summed E-state index contributed by atoms with van der Waals surface area (Å²) in [6, 6.07) is 9.60. The number of anilines is 1. The third-order valence-corrected chi connectivity index (χ3v) is 6.80. The molecule has 1 aliphatic rings. The quantitative estimate of drug-likeness (QED) is 0.342. The molecule has 1 heterocycles. The summed E-state index contributed by atoms with van der Waals surface area (Å²) >= 11 is 0. The van der Waals surface area contributed by atoms with E-state index < -0.39 is 47.7 Å². The Morgan fingerprint density at radius 2 is 1.71 bits per heavy atom. The lowest BCUT2D eigenvalue weighted by atomic mass is 9.91. The molecule has 1 amide bonds. The van der Waals surface area contributed by atoms with E-state index >= 15 is 0 Å². The first kappa shape index (κ1) is 27.5. The second-order valence-electron chi connectivity index (χ2n) is 9.79. The predicted octanol–water partition coefficient (Wildman–Crippen LogP) is 5.85. The van der Waals surface area contributed by atoms with Crippen LogP contribution in [-0.4, -0.2) is 28.5 Å². The number of benzene rings is 2. The average molecular weight is 534 g/mol. The fraction of sp³-hybridized carbons (Fsp3) is 0.393. The summed E-state index contributed by atoms with van der Waals surface area (Å²) in [5, 5.41) is 3.74. The van der Waals surface area contributed by atoms with Crippen LogP contribution in [-0.2, 0) is 41.6 Å². The first-order chi connectivity index (χ1) is 17.9. The number of fused-ring (bicyclic) bond motifs is 1. The minimum Gasteiger partial charge on any atom is -0.315 e. The highest BCUT2D eigenvalue weighted by Crippen LogP contribution is 2.36. The van der Waals surface area contributed by atoms with Crippen LogP contribution in [0.2, 0.25) is 0 Å². The molecule has 3 aromatic rings. The highest BCUT2D eigenvalue weighted by atomic mass is 19.4. The van der Waals surface area contributed by atoms with E-state index in [9.17, 15) is 31.5 Å². The highest BCUT2D eigenvalue weighted by molar-refractivity contribution is 5.97. The zero-order valence-corrected chi connectivity index (χ0v) is 21.1. The molecule has 0 bridgehead atoms. The lowest BCUT2D eigenvalue weighted by molar-refractivity contribution is -0.142. The average Bonchev–Trinajstić information content (AvgIpc) is 3.21. The van der Waals surface area contributed by atoms with Crippen molar-refractivity contribution < 1.29 is 31.5 Å². The van der Waals surface area contributed by atoms with Crippen LogP contribution in [0.3, 0.4) is 0 Å². The van der Waals surface area contributed by atoms with Crippen molar-refractivity contribution in [1.29, 1.82) is 0 Å². The van der Waals surface area contributed by atoms with E-state index in [0.29, 0.717) is 41.8 Å². The summed E-state index contributed by atoms with van der Waals surface area (Å²) < 4.78 is 69.2. The number of aromatic nitrogens is 2. The van der Waals surface area contributed by atoms with Gasteiger partial charge in [0.05, 0.1) is 6.54 Å². The highest BCUT2D eigenvalue weighted by Gasteiger charge is 2.39. The molecule has 202 valence electrons. The van der Waals surface area contributed by atoms with Crippen molar-refractivity contribution >= 4 is 17.4 Å². The second kappa shape index (κ2) is 11.0. The largest absolute Gasteiger partial charge is 0.435 e. The maximum atomic E-state index is 14.0. The van der Waals surface area contributed by atoms with E-state index in [1.54, 1.807) is 13.0 Å². The molecule has 0 N–H and O–H groups in total. The number of alkyl halides is 3. The minimum atomic E-state index is -4.62. The molecule has 38 heavy (non-hydrogen) atoms. The minimum absolute atomic E-state index is 0.0414. The van der Waals surface area contributed by atoms with Crippen LogP contribution < -0.4 is 4.90 Å². The van der Waals surface area contributed by atoms with Gasteiger partial charge in [-0.1, -0.05) is 6.07 Å². The van der Waals surface area contributed by atoms with E-state index in [0.717, 1.165) is 4.68 Å². The predicted molar refractivity (Wildman–Crippen MR) is 132 cm³/mol. The van der Waals surface area contributed by atoms with Crippen LogP contribution in [0.5, 0.6) is 0 Å². The molecular weight excluding hydrogens is 505 g/mol. The van der Waals surface area contributed by atoms with E-state index in [1.165, 1.54) is 48.3 Å². The Kier molecular flexibility index (Phi) is 7.99. The van der Waals surface area contributed by atoms with Crippen molar-refractivity contribution in [3.63, 3.8) is 0 Å². The standard InChI is InChI=1S/C28H28F5N3O2/c1-17-11-18(14-21(30)12-17)13-19(27(38)35(2)22-9-7-20(29)8-10-22)15-23(37)16-36-25-6-4-3-5-24(25)26(34-36)28(31,32)33/h7-12,14,19H,3-6,13,15-16H2,1-2H3/t19-/m1/s1. The van der Waals surface area contributed by atoms with Crippen LogP contribution >= 0.6 is 0 Å². The third kappa shape index (κ3) is 6.28. The molecular formula is C28H28F5N3O2. The van der Waals surface area contributed by atoms with E-state index in [2.05, 4.69) is 5.10 Å². The number of halogens is 5. The molecule has 10 heteroatoms. The van der Waals surface area contributed by atoms with Gasteiger partial charge in [0, 0.05) is 36.3 Å². The number of carbonyl (C=O) groups excluding carboxylic acids is 2. The Labute approximate surface area is 217 Å². The number of ketones is 1. The van der Waals surface area contributed by atoms with Gasteiger partial charge in [0.25, 0.3) is 0 Å². The summed E-state index contributed by atoms with van der Waals surface area (Å²) in [5.41, 5.74) is 1.14. The molecule has 0 spiro atoms. The van der Waals surface area contributed by atoms with Gasteiger partial charge in [0.1, 0.15) is 11.6 Å².